The molecule has 2 rings (SSSR count). The topological polar surface area (TPSA) is 60.0 Å². The average Bonchev–Trinajstić information content (AvgIpc) is 2.67. The van der Waals surface area contributed by atoms with Crippen LogP contribution in [0.1, 0.15) is 31.4 Å². The normalized spacial score (nSPS) is 21.2. The minimum atomic E-state index is 0. The van der Waals surface area contributed by atoms with Gasteiger partial charge in [-0.3, -0.25) is 9.58 Å². The van der Waals surface area contributed by atoms with Gasteiger partial charge in [-0.15, -0.1) is 17.5 Å². The van der Waals surface area contributed by atoms with Crippen LogP contribution < -0.4 is 5.73 Å². The number of aromatic nitrogens is 3. The zero-order valence-corrected chi connectivity index (χ0v) is 11.2. The summed E-state index contributed by atoms with van der Waals surface area (Å²) in [5.41, 5.74) is 6.72. The SMILES string of the molecule is Cl.Cn1cc(CN2CCCCC2CCN)nn1. The van der Waals surface area contributed by atoms with Gasteiger partial charge >= 0.3 is 0 Å². The van der Waals surface area contributed by atoms with E-state index in [0.29, 0.717) is 6.04 Å². The molecule has 1 unspecified atom stereocenters. The Morgan fingerprint density at radius 1 is 1.47 bits per heavy atom. The molecule has 0 spiro atoms. The number of likely N-dealkylation sites (tertiary alicyclic amines) is 1. The van der Waals surface area contributed by atoms with Crippen LogP contribution in [-0.2, 0) is 13.6 Å². The molecule has 2 N–H and O–H groups in total. The second kappa shape index (κ2) is 6.93. The summed E-state index contributed by atoms with van der Waals surface area (Å²) in [6, 6.07) is 0.640. The monoisotopic (exact) mass is 259 g/mol. The Balaban J connectivity index is 0.00000144. The van der Waals surface area contributed by atoms with E-state index in [4.69, 9.17) is 5.73 Å². The number of aryl methyl sites for hydroxylation is 1. The fraction of sp³-hybridized carbons (Fsp3) is 0.818. The van der Waals surface area contributed by atoms with Gasteiger partial charge in [-0.25, -0.2) is 0 Å². The van der Waals surface area contributed by atoms with Gasteiger partial charge in [-0.2, -0.15) is 0 Å². The molecule has 0 amide bonds. The van der Waals surface area contributed by atoms with Gasteiger partial charge in [0.1, 0.15) is 0 Å². The first-order valence-corrected chi connectivity index (χ1v) is 6.09. The van der Waals surface area contributed by atoms with Crippen LogP contribution in [0.15, 0.2) is 6.20 Å². The van der Waals surface area contributed by atoms with Gasteiger partial charge in [0.2, 0.25) is 0 Å². The van der Waals surface area contributed by atoms with Crippen molar-refractivity contribution in [1.29, 1.82) is 0 Å². The molecule has 5 nitrogen and oxygen atoms in total. The molecule has 0 saturated carbocycles. The highest BCUT2D eigenvalue weighted by atomic mass is 35.5. The van der Waals surface area contributed by atoms with E-state index < -0.39 is 0 Å². The van der Waals surface area contributed by atoms with E-state index in [1.54, 1.807) is 4.68 Å². The van der Waals surface area contributed by atoms with Crippen LogP contribution in [0.4, 0.5) is 0 Å². The van der Waals surface area contributed by atoms with Crippen LogP contribution in [-0.4, -0.2) is 39.0 Å². The van der Waals surface area contributed by atoms with Crippen LogP contribution in [0.25, 0.3) is 0 Å². The van der Waals surface area contributed by atoms with Gasteiger partial charge < -0.3 is 5.73 Å². The largest absolute Gasteiger partial charge is 0.330 e. The van der Waals surface area contributed by atoms with E-state index in [9.17, 15) is 0 Å². The molecule has 1 aromatic heterocycles. The summed E-state index contributed by atoms with van der Waals surface area (Å²) in [5.74, 6) is 0. The third kappa shape index (κ3) is 3.94. The summed E-state index contributed by atoms with van der Waals surface area (Å²) < 4.78 is 1.76. The first-order valence-electron chi connectivity index (χ1n) is 6.09. The van der Waals surface area contributed by atoms with Crippen LogP contribution >= 0.6 is 12.4 Å². The minimum Gasteiger partial charge on any atom is -0.330 e. The summed E-state index contributed by atoms with van der Waals surface area (Å²) in [6.45, 7) is 2.86. The number of hydrogen-bond donors (Lipinski definition) is 1. The highest BCUT2D eigenvalue weighted by Gasteiger charge is 2.22. The molecule has 0 aliphatic carbocycles. The molecule has 2 heterocycles. The molecule has 17 heavy (non-hydrogen) atoms. The summed E-state index contributed by atoms with van der Waals surface area (Å²) in [4.78, 5) is 2.50. The lowest BCUT2D eigenvalue weighted by Crippen LogP contribution is -2.40. The molecule has 1 aromatic rings. The second-order valence-electron chi connectivity index (χ2n) is 4.58. The quantitative estimate of drug-likeness (QED) is 0.874. The van der Waals surface area contributed by atoms with Crippen molar-refractivity contribution in [1.82, 2.24) is 19.9 Å². The molecule has 1 atom stereocenters. The summed E-state index contributed by atoms with van der Waals surface area (Å²) >= 11 is 0. The van der Waals surface area contributed by atoms with E-state index >= 15 is 0 Å². The molecule has 0 radical (unpaired) electrons. The van der Waals surface area contributed by atoms with Crippen molar-refractivity contribution in [2.75, 3.05) is 13.1 Å². The summed E-state index contributed by atoms with van der Waals surface area (Å²) in [6.07, 6.45) is 6.99. The molecule has 98 valence electrons. The third-order valence-corrected chi connectivity index (χ3v) is 3.26. The fourth-order valence-electron chi connectivity index (χ4n) is 2.46. The van der Waals surface area contributed by atoms with E-state index in [-0.39, 0.29) is 12.4 Å². The Morgan fingerprint density at radius 3 is 2.94 bits per heavy atom. The maximum atomic E-state index is 5.66. The maximum Gasteiger partial charge on any atom is 0.0967 e. The lowest BCUT2D eigenvalue weighted by Gasteiger charge is -2.34. The zero-order valence-electron chi connectivity index (χ0n) is 10.4. The van der Waals surface area contributed by atoms with Crippen molar-refractivity contribution in [3.05, 3.63) is 11.9 Å². The Hall–Kier alpha value is -0.650. The predicted molar refractivity (Wildman–Crippen MR) is 70.0 cm³/mol. The highest BCUT2D eigenvalue weighted by molar-refractivity contribution is 5.85. The van der Waals surface area contributed by atoms with Gasteiger partial charge in [-0.1, -0.05) is 11.6 Å². The highest BCUT2D eigenvalue weighted by Crippen LogP contribution is 2.20. The number of rotatable bonds is 4. The van der Waals surface area contributed by atoms with Gasteiger partial charge in [0.15, 0.2) is 0 Å². The molecule has 6 heteroatoms. The summed E-state index contributed by atoms with van der Waals surface area (Å²) in [5, 5.41) is 8.11. The molecule has 0 aromatic carbocycles. The van der Waals surface area contributed by atoms with Crippen LogP contribution in [0.2, 0.25) is 0 Å². The zero-order chi connectivity index (χ0) is 11.4. The lowest BCUT2D eigenvalue weighted by molar-refractivity contribution is 0.132. The Morgan fingerprint density at radius 2 is 2.29 bits per heavy atom. The molecule has 0 bridgehead atoms. The van der Waals surface area contributed by atoms with E-state index in [2.05, 4.69) is 15.2 Å². The number of halogens is 1. The maximum absolute atomic E-state index is 5.66. The van der Waals surface area contributed by atoms with Gasteiger partial charge in [-0.05, 0) is 32.4 Å². The number of piperidine rings is 1. The van der Waals surface area contributed by atoms with Crippen molar-refractivity contribution in [2.24, 2.45) is 12.8 Å². The first kappa shape index (κ1) is 14.4. The lowest BCUT2D eigenvalue weighted by atomic mass is 9.99. The van der Waals surface area contributed by atoms with Crippen LogP contribution in [0.3, 0.4) is 0 Å². The molecule has 1 aliphatic heterocycles. The van der Waals surface area contributed by atoms with Crippen molar-refractivity contribution >= 4 is 12.4 Å². The van der Waals surface area contributed by atoms with Gasteiger partial charge in [0, 0.05) is 25.8 Å². The Bertz CT molecular complexity index is 325. The van der Waals surface area contributed by atoms with Crippen molar-refractivity contribution < 1.29 is 0 Å². The molecule has 1 saturated heterocycles. The van der Waals surface area contributed by atoms with Crippen LogP contribution in [0.5, 0.6) is 0 Å². The standard InChI is InChI=1S/C11H21N5.ClH/c1-15-8-10(13-14-15)9-16-7-3-2-4-11(16)5-6-12;/h8,11H,2-7,9,12H2,1H3;1H. The van der Waals surface area contributed by atoms with Gasteiger partial charge in [0.25, 0.3) is 0 Å². The van der Waals surface area contributed by atoms with Crippen molar-refractivity contribution in [3.8, 4) is 0 Å². The first-order chi connectivity index (χ1) is 7.79. The van der Waals surface area contributed by atoms with E-state index in [1.807, 2.05) is 13.2 Å². The minimum absolute atomic E-state index is 0. The average molecular weight is 260 g/mol. The smallest absolute Gasteiger partial charge is 0.0967 e. The number of nitrogens with two attached hydrogens (primary N) is 1. The fourth-order valence-corrected chi connectivity index (χ4v) is 2.46. The molecule has 1 fully saturated rings. The molecular weight excluding hydrogens is 238 g/mol. The van der Waals surface area contributed by atoms with Crippen molar-refractivity contribution in [3.63, 3.8) is 0 Å². The van der Waals surface area contributed by atoms with E-state index in [0.717, 1.165) is 25.2 Å². The predicted octanol–water partition coefficient (Wildman–Crippen LogP) is 0.940. The van der Waals surface area contributed by atoms with E-state index in [1.165, 1.54) is 25.8 Å². The molecular formula is C11H22ClN5. The van der Waals surface area contributed by atoms with Crippen molar-refractivity contribution in [2.45, 2.75) is 38.3 Å². The summed E-state index contributed by atoms with van der Waals surface area (Å²) in [7, 11) is 1.91. The van der Waals surface area contributed by atoms with Crippen LogP contribution in [0, 0.1) is 0 Å². The number of nitrogens with zero attached hydrogens (tertiary/aromatic N) is 4. The number of hydrogen-bond acceptors (Lipinski definition) is 4. The Kier molecular flexibility index (Phi) is 5.88. The Labute approximate surface area is 109 Å². The third-order valence-electron chi connectivity index (χ3n) is 3.26. The molecule has 1 aliphatic rings. The van der Waals surface area contributed by atoms with Gasteiger partial charge in [0.05, 0.1) is 5.69 Å². The second-order valence-corrected chi connectivity index (χ2v) is 4.58.